The van der Waals surface area contributed by atoms with Crippen molar-refractivity contribution in [1.82, 2.24) is 29.8 Å². The zero-order chi connectivity index (χ0) is 24.1. The highest BCUT2D eigenvalue weighted by Gasteiger charge is 2.17. The van der Waals surface area contributed by atoms with Gasteiger partial charge in [0.25, 0.3) is 5.56 Å². The van der Waals surface area contributed by atoms with E-state index in [1.54, 1.807) is 4.57 Å². The number of aromatic nitrogens is 6. The predicted molar refractivity (Wildman–Crippen MR) is 125 cm³/mol. The Morgan fingerprint density at radius 3 is 2.38 bits per heavy atom. The van der Waals surface area contributed by atoms with Crippen LogP contribution in [0.2, 0.25) is 0 Å². The van der Waals surface area contributed by atoms with Crippen LogP contribution in [0, 0.1) is 0 Å². The van der Waals surface area contributed by atoms with E-state index >= 15 is 0 Å². The molecule has 0 saturated heterocycles. The molecule has 0 spiro atoms. The maximum Gasteiger partial charge on any atom is 0.332 e. The molecule has 34 heavy (non-hydrogen) atoms. The van der Waals surface area contributed by atoms with E-state index in [4.69, 9.17) is 0 Å². The van der Waals surface area contributed by atoms with E-state index in [1.165, 1.54) is 13.2 Å². The van der Waals surface area contributed by atoms with Gasteiger partial charge in [-0.1, -0.05) is 61.9 Å². The molecule has 10 nitrogen and oxygen atoms in total. The molecule has 0 radical (unpaired) electrons. The van der Waals surface area contributed by atoms with Crippen LogP contribution in [-0.4, -0.2) is 42.8 Å². The van der Waals surface area contributed by atoms with Crippen molar-refractivity contribution in [2.45, 2.75) is 32.9 Å². The fraction of sp³-hybridized carbons (Fsp3) is 0.250. The summed E-state index contributed by atoms with van der Waals surface area (Å²) in [5, 5.41) is 14.2. The summed E-state index contributed by atoms with van der Waals surface area (Å²) in [6.45, 7) is 1.75. The van der Waals surface area contributed by atoms with Gasteiger partial charge in [0, 0.05) is 17.3 Å². The van der Waals surface area contributed by atoms with Gasteiger partial charge in [-0.25, -0.2) is 14.5 Å². The Kier molecular flexibility index (Phi) is 6.77. The lowest BCUT2D eigenvalue weighted by atomic mass is 9.95. The van der Waals surface area contributed by atoms with Crippen LogP contribution in [0.3, 0.4) is 0 Å². The Morgan fingerprint density at radius 2 is 1.71 bits per heavy atom. The van der Waals surface area contributed by atoms with E-state index in [0.29, 0.717) is 17.9 Å². The van der Waals surface area contributed by atoms with Gasteiger partial charge in [0.2, 0.25) is 0 Å². The topological polar surface area (TPSA) is 125 Å². The average Bonchev–Trinajstić information content (AvgIpc) is 3.39. The Hall–Kier alpha value is -4.34. The first-order valence-corrected chi connectivity index (χ1v) is 10.8. The van der Waals surface area contributed by atoms with E-state index in [0.717, 1.165) is 33.2 Å². The normalized spacial score (nSPS) is 10.9. The average molecular weight is 460 g/mol. The molecule has 1 N–H and O–H groups in total. The molecule has 0 aliphatic carbocycles. The number of tetrazole rings is 1. The number of hydrogen-bond acceptors (Lipinski definition) is 7. The van der Waals surface area contributed by atoms with E-state index in [-0.39, 0.29) is 6.54 Å². The van der Waals surface area contributed by atoms with Gasteiger partial charge in [-0.2, -0.15) is 0 Å². The van der Waals surface area contributed by atoms with Crippen LogP contribution in [0.15, 0.2) is 64.2 Å². The van der Waals surface area contributed by atoms with Crippen molar-refractivity contribution in [2.75, 3.05) is 7.11 Å². The number of nitrogens with zero attached hydrogens (tertiary/aromatic N) is 5. The van der Waals surface area contributed by atoms with Crippen molar-refractivity contribution in [3.63, 3.8) is 0 Å². The minimum Gasteiger partial charge on any atom is -0.468 e. The van der Waals surface area contributed by atoms with Crippen LogP contribution >= 0.6 is 0 Å². The molecule has 0 unspecified atom stereocenters. The second-order valence-electron chi connectivity index (χ2n) is 7.71. The first kappa shape index (κ1) is 22.8. The molecule has 0 atom stereocenters. The second-order valence-corrected chi connectivity index (χ2v) is 7.71. The standard InChI is InChI=1S/C24H24N6O4/c1-3-8-17-13-21(31)30(15-22(32)34-2)24(33)29(17)14-16-9-4-5-10-18(16)19-11-6-7-12-20(19)23-25-27-28-26-23/h4-7,9-13H,3,8,14-15H2,1-2H3,(H,25,26,27,28). The SMILES string of the molecule is CCCc1cc(=O)n(CC(=O)OC)c(=O)n1Cc1ccccc1-c1ccccc1-c1nnn[nH]1. The fourth-order valence-corrected chi connectivity index (χ4v) is 3.92. The number of aryl methyl sites for hydroxylation is 1. The molecular formula is C24H24N6O4. The predicted octanol–water partition coefficient (Wildman–Crippen LogP) is 2.03. The molecular weight excluding hydrogens is 436 g/mol. The molecule has 2 aromatic carbocycles. The maximum absolute atomic E-state index is 13.3. The van der Waals surface area contributed by atoms with Crippen molar-refractivity contribution in [3.05, 3.63) is 86.7 Å². The lowest BCUT2D eigenvalue weighted by Gasteiger charge is -2.18. The first-order valence-electron chi connectivity index (χ1n) is 10.8. The fourth-order valence-electron chi connectivity index (χ4n) is 3.92. The number of nitrogens with one attached hydrogen (secondary N) is 1. The summed E-state index contributed by atoms with van der Waals surface area (Å²) in [6.07, 6.45) is 1.30. The quantitative estimate of drug-likeness (QED) is 0.399. The second kappa shape index (κ2) is 10.1. The maximum atomic E-state index is 13.3. The lowest BCUT2D eigenvalue weighted by Crippen LogP contribution is -2.43. The number of carbonyl (C=O) groups excluding carboxylic acids is 1. The molecule has 4 rings (SSSR count). The summed E-state index contributed by atoms with van der Waals surface area (Å²) >= 11 is 0. The highest BCUT2D eigenvalue weighted by Crippen LogP contribution is 2.32. The number of aromatic amines is 1. The molecule has 0 saturated carbocycles. The molecule has 0 amide bonds. The van der Waals surface area contributed by atoms with Crippen LogP contribution in [0.4, 0.5) is 0 Å². The number of esters is 1. The number of benzene rings is 2. The van der Waals surface area contributed by atoms with Crippen LogP contribution in [0.5, 0.6) is 0 Å². The molecule has 174 valence electrons. The highest BCUT2D eigenvalue weighted by atomic mass is 16.5. The lowest BCUT2D eigenvalue weighted by molar-refractivity contribution is -0.141. The monoisotopic (exact) mass is 460 g/mol. The molecule has 0 fully saturated rings. The Labute approximate surface area is 194 Å². The van der Waals surface area contributed by atoms with Gasteiger partial charge in [0.05, 0.1) is 13.7 Å². The van der Waals surface area contributed by atoms with Crippen molar-refractivity contribution in [3.8, 4) is 22.5 Å². The van der Waals surface area contributed by atoms with E-state index in [9.17, 15) is 14.4 Å². The van der Waals surface area contributed by atoms with Gasteiger partial charge in [0.1, 0.15) is 6.54 Å². The molecule has 0 bridgehead atoms. The number of carbonyl (C=O) groups is 1. The summed E-state index contributed by atoms with van der Waals surface area (Å²) in [4.78, 5) is 37.7. The molecule has 0 aliphatic rings. The largest absolute Gasteiger partial charge is 0.468 e. The third-order valence-corrected chi connectivity index (χ3v) is 5.55. The third kappa shape index (κ3) is 4.56. The van der Waals surface area contributed by atoms with Gasteiger partial charge >= 0.3 is 11.7 Å². The molecule has 4 aromatic rings. The zero-order valence-corrected chi connectivity index (χ0v) is 18.9. The molecule has 2 heterocycles. The molecule has 10 heteroatoms. The van der Waals surface area contributed by atoms with Gasteiger partial charge < -0.3 is 4.74 Å². The van der Waals surface area contributed by atoms with Gasteiger partial charge in [0.15, 0.2) is 5.82 Å². The number of hydrogen-bond donors (Lipinski definition) is 1. The number of rotatable bonds is 8. The van der Waals surface area contributed by atoms with E-state index < -0.39 is 23.8 Å². The van der Waals surface area contributed by atoms with E-state index in [2.05, 4.69) is 25.4 Å². The minimum absolute atomic E-state index is 0.217. The number of methoxy groups -OCH3 is 1. The smallest absolute Gasteiger partial charge is 0.332 e. The Morgan fingerprint density at radius 1 is 1.00 bits per heavy atom. The zero-order valence-electron chi connectivity index (χ0n) is 18.9. The van der Waals surface area contributed by atoms with Crippen molar-refractivity contribution < 1.29 is 9.53 Å². The van der Waals surface area contributed by atoms with Gasteiger partial charge in [-0.05, 0) is 33.5 Å². The van der Waals surface area contributed by atoms with Crippen LogP contribution in [0.1, 0.15) is 24.6 Å². The highest BCUT2D eigenvalue weighted by molar-refractivity contribution is 5.82. The third-order valence-electron chi connectivity index (χ3n) is 5.55. The van der Waals surface area contributed by atoms with Crippen LogP contribution in [0.25, 0.3) is 22.5 Å². The van der Waals surface area contributed by atoms with Gasteiger partial charge in [-0.15, -0.1) is 5.10 Å². The van der Waals surface area contributed by atoms with Crippen LogP contribution < -0.4 is 11.2 Å². The summed E-state index contributed by atoms with van der Waals surface area (Å²) < 4.78 is 7.11. The molecule has 2 aromatic heterocycles. The van der Waals surface area contributed by atoms with Crippen LogP contribution in [-0.2, 0) is 29.0 Å². The first-order chi connectivity index (χ1) is 16.5. The molecule has 0 aliphatic heterocycles. The number of H-pyrrole nitrogens is 1. The summed E-state index contributed by atoms with van der Waals surface area (Å²) in [5.74, 6) is -0.134. The summed E-state index contributed by atoms with van der Waals surface area (Å²) in [6, 6.07) is 16.8. The van der Waals surface area contributed by atoms with E-state index in [1.807, 2.05) is 55.5 Å². The minimum atomic E-state index is -0.663. The Bertz CT molecular complexity index is 1420. The summed E-state index contributed by atoms with van der Waals surface area (Å²) in [7, 11) is 1.22. The van der Waals surface area contributed by atoms with Crippen molar-refractivity contribution in [1.29, 1.82) is 0 Å². The van der Waals surface area contributed by atoms with Crippen molar-refractivity contribution >= 4 is 5.97 Å². The van der Waals surface area contributed by atoms with Crippen molar-refractivity contribution in [2.24, 2.45) is 0 Å². The summed E-state index contributed by atoms with van der Waals surface area (Å²) in [5.41, 5.74) is 3.01. The number of ether oxygens (including phenoxy) is 1. The van der Waals surface area contributed by atoms with Gasteiger partial charge in [-0.3, -0.25) is 14.2 Å². The Balaban J connectivity index is 1.85.